The fourth-order valence-corrected chi connectivity index (χ4v) is 2.43. The Balaban J connectivity index is 1.89. The number of carboxylic acids is 1. The van der Waals surface area contributed by atoms with Crippen LogP contribution in [0, 0.1) is 0 Å². The minimum atomic E-state index is -1.32. The van der Waals surface area contributed by atoms with E-state index in [0.29, 0.717) is 16.3 Å². The van der Waals surface area contributed by atoms with Gasteiger partial charge in [0.25, 0.3) is 5.91 Å². The molecule has 9 heteroatoms. The number of carbonyl (C=O) groups excluding carboxylic acids is 1. The lowest BCUT2D eigenvalue weighted by atomic mass is 10.2. The van der Waals surface area contributed by atoms with Gasteiger partial charge in [0, 0.05) is 9.79 Å². The largest absolute Gasteiger partial charge is 0.477 e. The molecule has 3 rings (SSSR count). The van der Waals surface area contributed by atoms with E-state index in [1.165, 1.54) is 0 Å². The SMILES string of the molecule is O=C(O)C1=NN(c2ccc(S)cc2)C(=O)C1/N=N/c1ccc(S)cc1. The molecule has 126 valence electrons. The molecule has 0 saturated heterocycles. The van der Waals surface area contributed by atoms with Crippen LogP contribution in [0.1, 0.15) is 0 Å². The highest BCUT2D eigenvalue weighted by Gasteiger charge is 2.41. The maximum atomic E-state index is 12.5. The van der Waals surface area contributed by atoms with Gasteiger partial charge in [0.2, 0.25) is 6.04 Å². The fourth-order valence-electron chi connectivity index (χ4n) is 2.13. The number of amides is 1. The van der Waals surface area contributed by atoms with Crippen molar-refractivity contribution in [1.82, 2.24) is 0 Å². The maximum Gasteiger partial charge on any atom is 0.355 e. The summed E-state index contributed by atoms with van der Waals surface area (Å²) in [7, 11) is 0. The predicted molar refractivity (Wildman–Crippen MR) is 98.2 cm³/mol. The van der Waals surface area contributed by atoms with Crippen LogP contribution in [0.15, 0.2) is 73.7 Å². The van der Waals surface area contributed by atoms with E-state index in [1.807, 2.05) is 0 Å². The van der Waals surface area contributed by atoms with E-state index in [2.05, 4.69) is 40.6 Å². The molecule has 0 radical (unpaired) electrons. The summed E-state index contributed by atoms with van der Waals surface area (Å²) in [5.74, 6) is -1.91. The van der Waals surface area contributed by atoms with Crippen LogP contribution in [0.4, 0.5) is 11.4 Å². The number of anilines is 1. The summed E-state index contributed by atoms with van der Waals surface area (Å²) in [6.45, 7) is 0. The summed E-state index contributed by atoms with van der Waals surface area (Å²) in [6.07, 6.45) is 0. The number of carbonyl (C=O) groups is 2. The average Bonchev–Trinajstić information content (AvgIpc) is 2.92. The van der Waals surface area contributed by atoms with Crippen LogP contribution in [0.3, 0.4) is 0 Å². The van der Waals surface area contributed by atoms with Gasteiger partial charge in [0.1, 0.15) is 0 Å². The van der Waals surface area contributed by atoms with Crippen LogP contribution >= 0.6 is 25.3 Å². The Kier molecular flexibility index (Phi) is 4.86. The third kappa shape index (κ3) is 3.72. The van der Waals surface area contributed by atoms with Gasteiger partial charge < -0.3 is 5.11 Å². The lowest BCUT2D eigenvalue weighted by Gasteiger charge is -2.12. The zero-order valence-electron chi connectivity index (χ0n) is 12.6. The first-order valence-electron chi connectivity index (χ1n) is 7.10. The number of hydrogen-bond acceptors (Lipinski definition) is 7. The number of carboxylic acid groups (broad SMARTS) is 1. The molecule has 1 aliphatic heterocycles. The van der Waals surface area contributed by atoms with Gasteiger partial charge in [0.05, 0.1) is 11.4 Å². The van der Waals surface area contributed by atoms with Crippen LogP contribution in [0.25, 0.3) is 0 Å². The second-order valence-electron chi connectivity index (χ2n) is 5.09. The monoisotopic (exact) mass is 372 g/mol. The number of hydrogen-bond donors (Lipinski definition) is 3. The molecule has 1 unspecified atom stereocenters. The van der Waals surface area contributed by atoms with Crippen LogP contribution in [0.5, 0.6) is 0 Å². The maximum absolute atomic E-state index is 12.5. The molecule has 1 N–H and O–H groups in total. The Labute approximate surface area is 153 Å². The summed E-state index contributed by atoms with van der Waals surface area (Å²) in [5, 5.41) is 22.0. The van der Waals surface area contributed by atoms with E-state index in [9.17, 15) is 14.7 Å². The van der Waals surface area contributed by atoms with E-state index in [0.717, 1.165) is 9.90 Å². The molecular formula is C16H12N4O3S2. The number of aliphatic carboxylic acids is 1. The van der Waals surface area contributed by atoms with Crippen LogP contribution < -0.4 is 5.01 Å². The molecule has 1 aliphatic rings. The van der Waals surface area contributed by atoms with Gasteiger partial charge in [-0.15, -0.1) is 25.3 Å². The highest BCUT2D eigenvalue weighted by Crippen LogP contribution is 2.25. The molecule has 0 bridgehead atoms. The van der Waals surface area contributed by atoms with E-state index in [1.54, 1.807) is 48.5 Å². The van der Waals surface area contributed by atoms with Gasteiger partial charge in [0.15, 0.2) is 5.71 Å². The summed E-state index contributed by atoms with van der Waals surface area (Å²) in [5.41, 5.74) is 0.529. The molecule has 25 heavy (non-hydrogen) atoms. The van der Waals surface area contributed by atoms with Crippen molar-refractivity contribution in [2.45, 2.75) is 15.8 Å². The summed E-state index contributed by atoms with van der Waals surface area (Å²) >= 11 is 8.34. The van der Waals surface area contributed by atoms with Gasteiger partial charge in [-0.1, -0.05) is 0 Å². The van der Waals surface area contributed by atoms with Crippen LogP contribution in [-0.2, 0) is 9.59 Å². The standard InChI is InChI=1S/C16H12N4O3S2/c21-15-13(18-17-9-1-5-11(24)6-2-9)14(16(22)23)19-20(15)10-3-7-12(25)8-4-10/h1-8,13,24-25H,(H,22,23)/b18-17+. The number of azo groups is 1. The zero-order chi connectivity index (χ0) is 18.0. The first-order valence-corrected chi connectivity index (χ1v) is 8.00. The topological polar surface area (TPSA) is 94.7 Å². The number of hydrazone groups is 1. The summed E-state index contributed by atoms with van der Waals surface area (Å²) < 4.78 is 0. The number of benzene rings is 2. The Hall–Kier alpha value is -2.65. The van der Waals surface area contributed by atoms with Crippen molar-refractivity contribution in [2.75, 3.05) is 5.01 Å². The number of thiol groups is 2. The van der Waals surface area contributed by atoms with Crippen molar-refractivity contribution >= 4 is 54.2 Å². The van der Waals surface area contributed by atoms with E-state index in [-0.39, 0.29) is 5.71 Å². The van der Waals surface area contributed by atoms with Crippen molar-refractivity contribution in [2.24, 2.45) is 15.3 Å². The molecule has 0 spiro atoms. The Morgan fingerprint density at radius 1 is 1.04 bits per heavy atom. The summed E-state index contributed by atoms with van der Waals surface area (Å²) in [4.78, 5) is 25.4. The Morgan fingerprint density at radius 2 is 1.60 bits per heavy atom. The molecule has 0 aromatic heterocycles. The van der Waals surface area contributed by atoms with Gasteiger partial charge in [-0.25, -0.2) is 4.79 Å². The van der Waals surface area contributed by atoms with E-state index >= 15 is 0 Å². The molecule has 1 atom stereocenters. The molecule has 0 aliphatic carbocycles. The van der Waals surface area contributed by atoms with Gasteiger partial charge in [-0.3, -0.25) is 4.79 Å². The molecule has 1 heterocycles. The molecular weight excluding hydrogens is 360 g/mol. The minimum absolute atomic E-state index is 0.380. The van der Waals surface area contributed by atoms with Crippen LogP contribution in [-0.4, -0.2) is 28.7 Å². The fraction of sp³-hybridized carbons (Fsp3) is 0.0625. The minimum Gasteiger partial charge on any atom is -0.477 e. The van der Waals surface area contributed by atoms with E-state index in [4.69, 9.17) is 0 Å². The lowest BCUT2D eigenvalue weighted by molar-refractivity contribution is -0.130. The van der Waals surface area contributed by atoms with Gasteiger partial charge in [-0.05, 0) is 48.5 Å². The quantitative estimate of drug-likeness (QED) is 0.568. The smallest absolute Gasteiger partial charge is 0.355 e. The van der Waals surface area contributed by atoms with Crippen molar-refractivity contribution in [3.8, 4) is 0 Å². The highest BCUT2D eigenvalue weighted by molar-refractivity contribution is 7.80. The van der Waals surface area contributed by atoms with Crippen LogP contribution in [0.2, 0.25) is 0 Å². The van der Waals surface area contributed by atoms with Crippen molar-refractivity contribution < 1.29 is 14.7 Å². The number of rotatable bonds is 4. The first-order chi connectivity index (χ1) is 12.0. The van der Waals surface area contributed by atoms with Crippen molar-refractivity contribution in [3.63, 3.8) is 0 Å². The predicted octanol–water partition coefficient (Wildman–Crippen LogP) is 3.20. The second kappa shape index (κ2) is 7.08. The van der Waals surface area contributed by atoms with Gasteiger partial charge in [-0.2, -0.15) is 20.3 Å². The first kappa shape index (κ1) is 17.2. The third-order valence-electron chi connectivity index (χ3n) is 3.36. The number of nitrogens with zero attached hydrogens (tertiary/aromatic N) is 4. The molecule has 1 amide bonds. The molecule has 0 fully saturated rings. The Morgan fingerprint density at radius 3 is 2.16 bits per heavy atom. The van der Waals surface area contributed by atoms with Crippen molar-refractivity contribution in [1.29, 1.82) is 0 Å². The Bertz CT molecular complexity index is 879. The van der Waals surface area contributed by atoms with Crippen molar-refractivity contribution in [3.05, 3.63) is 48.5 Å². The molecule has 7 nitrogen and oxygen atoms in total. The normalized spacial score (nSPS) is 17.2. The van der Waals surface area contributed by atoms with E-state index < -0.39 is 17.9 Å². The highest BCUT2D eigenvalue weighted by atomic mass is 32.1. The second-order valence-corrected chi connectivity index (χ2v) is 6.12. The molecule has 2 aromatic carbocycles. The zero-order valence-corrected chi connectivity index (χ0v) is 14.4. The van der Waals surface area contributed by atoms with Gasteiger partial charge >= 0.3 is 5.97 Å². The molecule has 2 aromatic rings. The summed E-state index contributed by atoms with van der Waals surface area (Å²) in [6, 6.07) is 12.0. The third-order valence-corrected chi connectivity index (χ3v) is 3.96. The lowest BCUT2D eigenvalue weighted by Crippen LogP contribution is -2.32. The molecule has 0 saturated carbocycles. The average molecular weight is 372 g/mol.